The van der Waals surface area contributed by atoms with Crippen molar-refractivity contribution in [3.8, 4) is 5.75 Å². The van der Waals surface area contributed by atoms with E-state index in [0.717, 1.165) is 28.2 Å². The number of H-pyrrole nitrogens is 1. The minimum absolute atomic E-state index is 0.0205. The molecule has 25 heavy (non-hydrogen) atoms. The lowest BCUT2D eigenvalue weighted by Gasteiger charge is -2.22. The third kappa shape index (κ3) is 4.18. The number of benzene rings is 2. The molecule has 0 spiro atoms. The Balaban J connectivity index is 1.57. The predicted octanol–water partition coefficient (Wildman–Crippen LogP) is 3.56. The average molecular weight is 337 g/mol. The van der Waals surface area contributed by atoms with E-state index in [1.54, 1.807) is 0 Å². The molecule has 130 valence electrons. The highest BCUT2D eigenvalue weighted by molar-refractivity contribution is 5.78. The van der Waals surface area contributed by atoms with Crippen LogP contribution in [0.3, 0.4) is 0 Å². The van der Waals surface area contributed by atoms with Gasteiger partial charge in [0, 0.05) is 0 Å². The van der Waals surface area contributed by atoms with Crippen LogP contribution in [0, 0.1) is 0 Å². The zero-order chi connectivity index (χ0) is 17.9. The van der Waals surface area contributed by atoms with Gasteiger partial charge in [-0.3, -0.25) is 4.79 Å². The van der Waals surface area contributed by atoms with Gasteiger partial charge in [0.05, 0.1) is 17.6 Å². The summed E-state index contributed by atoms with van der Waals surface area (Å²) < 4.78 is 5.73. The molecule has 2 aromatic carbocycles. The number of rotatable bonds is 5. The number of hydrogen-bond acceptors (Lipinski definition) is 3. The number of amides is 1. The summed E-state index contributed by atoms with van der Waals surface area (Å²) in [5.74, 6) is 1.29. The third-order valence-electron chi connectivity index (χ3n) is 3.95. The number of hydrogen-bond donors (Lipinski definition) is 2. The summed E-state index contributed by atoms with van der Waals surface area (Å²) in [6.07, 6.45) is 0. The van der Waals surface area contributed by atoms with E-state index in [4.69, 9.17) is 4.74 Å². The molecule has 5 nitrogen and oxygen atoms in total. The van der Waals surface area contributed by atoms with Crippen LogP contribution < -0.4 is 10.1 Å². The summed E-state index contributed by atoms with van der Waals surface area (Å²) in [7, 11) is 0. The lowest BCUT2D eigenvalue weighted by atomic mass is 9.86. The maximum atomic E-state index is 12.1. The molecule has 0 aliphatic heterocycles. The van der Waals surface area contributed by atoms with Crippen LogP contribution in [-0.2, 0) is 16.8 Å². The van der Waals surface area contributed by atoms with E-state index < -0.39 is 0 Å². The molecular weight excluding hydrogens is 314 g/mol. The van der Waals surface area contributed by atoms with Gasteiger partial charge in [-0.1, -0.05) is 51.1 Å². The summed E-state index contributed by atoms with van der Waals surface area (Å²) in [5, 5.41) is 2.83. The first-order chi connectivity index (χ1) is 11.9. The summed E-state index contributed by atoms with van der Waals surface area (Å²) in [4.78, 5) is 19.7. The van der Waals surface area contributed by atoms with Gasteiger partial charge < -0.3 is 15.0 Å². The Kier molecular flexibility index (Phi) is 4.74. The second-order valence-electron chi connectivity index (χ2n) is 7.01. The Morgan fingerprint density at radius 1 is 1.12 bits per heavy atom. The van der Waals surface area contributed by atoms with Crippen molar-refractivity contribution in [3.05, 3.63) is 59.9 Å². The first kappa shape index (κ1) is 17.0. The molecule has 0 atom stereocenters. The Morgan fingerprint density at radius 2 is 1.84 bits per heavy atom. The van der Waals surface area contributed by atoms with Gasteiger partial charge in [0.25, 0.3) is 5.91 Å². The van der Waals surface area contributed by atoms with Crippen LogP contribution in [0.5, 0.6) is 5.75 Å². The molecule has 0 unspecified atom stereocenters. The normalized spacial score (nSPS) is 11.5. The lowest BCUT2D eigenvalue weighted by Crippen LogP contribution is -2.29. The van der Waals surface area contributed by atoms with E-state index in [1.807, 2.05) is 48.5 Å². The third-order valence-corrected chi connectivity index (χ3v) is 3.95. The molecule has 0 aliphatic carbocycles. The number of aromatic amines is 1. The smallest absolute Gasteiger partial charge is 0.258 e. The Hall–Kier alpha value is -2.82. The lowest BCUT2D eigenvalue weighted by molar-refractivity contribution is -0.123. The molecule has 3 rings (SSSR count). The van der Waals surface area contributed by atoms with Crippen LogP contribution in [0.4, 0.5) is 0 Å². The molecule has 0 radical (unpaired) electrons. The summed E-state index contributed by atoms with van der Waals surface area (Å²) in [6, 6.07) is 15.6. The minimum Gasteiger partial charge on any atom is -0.483 e. The first-order valence-corrected chi connectivity index (χ1v) is 8.36. The highest BCUT2D eigenvalue weighted by Gasteiger charge is 2.18. The predicted molar refractivity (Wildman–Crippen MR) is 98.6 cm³/mol. The van der Waals surface area contributed by atoms with Crippen LogP contribution >= 0.6 is 0 Å². The Labute approximate surface area is 147 Å². The number of carbonyl (C=O) groups is 1. The van der Waals surface area contributed by atoms with Crippen molar-refractivity contribution < 1.29 is 9.53 Å². The Bertz CT molecular complexity index is 845. The number of nitrogens with one attached hydrogen (secondary N) is 2. The number of para-hydroxylation sites is 3. The first-order valence-electron chi connectivity index (χ1n) is 8.36. The monoisotopic (exact) mass is 337 g/mol. The van der Waals surface area contributed by atoms with Crippen molar-refractivity contribution in [2.45, 2.75) is 32.7 Å². The van der Waals surface area contributed by atoms with E-state index in [-0.39, 0.29) is 17.9 Å². The Morgan fingerprint density at radius 3 is 2.60 bits per heavy atom. The van der Waals surface area contributed by atoms with Gasteiger partial charge >= 0.3 is 0 Å². The van der Waals surface area contributed by atoms with E-state index >= 15 is 0 Å². The molecule has 0 bridgehead atoms. The number of nitrogens with zero attached hydrogens (tertiary/aromatic N) is 1. The maximum Gasteiger partial charge on any atom is 0.258 e. The molecule has 2 N–H and O–H groups in total. The van der Waals surface area contributed by atoms with Crippen LogP contribution in [0.25, 0.3) is 11.0 Å². The number of imidazole rings is 1. The zero-order valence-electron chi connectivity index (χ0n) is 14.8. The molecular formula is C20H23N3O2. The standard InChI is InChI=1S/C20H23N3O2/c1-20(2,3)14-8-4-7-11-17(14)25-13-19(24)21-12-18-22-15-9-5-6-10-16(15)23-18/h4-11H,12-13H2,1-3H3,(H,21,24)(H,22,23). The van der Waals surface area contributed by atoms with Gasteiger partial charge in [0.15, 0.2) is 6.61 Å². The van der Waals surface area contributed by atoms with Crippen LogP contribution in [0.2, 0.25) is 0 Å². The molecule has 0 saturated carbocycles. The molecule has 0 aliphatic rings. The van der Waals surface area contributed by atoms with Gasteiger partial charge in [-0.05, 0) is 29.2 Å². The molecule has 3 aromatic rings. The second kappa shape index (κ2) is 6.97. The highest BCUT2D eigenvalue weighted by atomic mass is 16.5. The van der Waals surface area contributed by atoms with Crippen molar-refractivity contribution in [1.82, 2.24) is 15.3 Å². The van der Waals surface area contributed by atoms with Crippen LogP contribution in [0.15, 0.2) is 48.5 Å². The van der Waals surface area contributed by atoms with Crippen molar-refractivity contribution in [2.75, 3.05) is 6.61 Å². The van der Waals surface area contributed by atoms with Crippen LogP contribution in [-0.4, -0.2) is 22.5 Å². The van der Waals surface area contributed by atoms with E-state index in [2.05, 4.69) is 36.1 Å². The molecule has 1 aromatic heterocycles. The fourth-order valence-corrected chi connectivity index (χ4v) is 2.68. The quantitative estimate of drug-likeness (QED) is 0.748. The highest BCUT2D eigenvalue weighted by Crippen LogP contribution is 2.30. The van der Waals surface area contributed by atoms with E-state index in [0.29, 0.717) is 6.54 Å². The van der Waals surface area contributed by atoms with Crippen molar-refractivity contribution in [3.63, 3.8) is 0 Å². The topological polar surface area (TPSA) is 67.0 Å². The fraction of sp³-hybridized carbons (Fsp3) is 0.300. The van der Waals surface area contributed by atoms with Crippen molar-refractivity contribution >= 4 is 16.9 Å². The van der Waals surface area contributed by atoms with Gasteiger partial charge in [-0.2, -0.15) is 0 Å². The number of carbonyl (C=O) groups excluding carboxylic acids is 1. The molecule has 0 fully saturated rings. The van der Waals surface area contributed by atoms with E-state index in [9.17, 15) is 4.79 Å². The van der Waals surface area contributed by atoms with Gasteiger partial charge in [0.1, 0.15) is 11.6 Å². The number of ether oxygens (including phenoxy) is 1. The molecule has 1 amide bonds. The van der Waals surface area contributed by atoms with Crippen molar-refractivity contribution in [1.29, 1.82) is 0 Å². The van der Waals surface area contributed by atoms with Crippen LogP contribution in [0.1, 0.15) is 32.2 Å². The SMILES string of the molecule is CC(C)(C)c1ccccc1OCC(=O)NCc1nc2ccccc2[nH]1. The summed E-state index contributed by atoms with van der Waals surface area (Å²) >= 11 is 0. The second-order valence-corrected chi connectivity index (χ2v) is 7.01. The molecule has 1 heterocycles. The summed E-state index contributed by atoms with van der Waals surface area (Å²) in [5.41, 5.74) is 2.89. The largest absolute Gasteiger partial charge is 0.483 e. The van der Waals surface area contributed by atoms with Gasteiger partial charge in [-0.15, -0.1) is 0 Å². The zero-order valence-corrected chi connectivity index (χ0v) is 14.8. The van der Waals surface area contributed by atoms with Gasteiger partial charge in [0.2, 0.25) is 0 Å². The fourth-order valence-electron chi connectivity index (χ4n) is 2.68. The number of fused-ring (bicyclic) bond motifs is 1. The maximum absolute atomic E-state index is 12.1. The summed E-state index contributed by atoms with van der Waals surface area (Å²) in [6.45, 7) is 6.69. The van der Waals surface area contributed by atoms with Crippen molar-refractivity contribution in [2.24, 2.45) is 0 Å². The number of aromatic nitrogens is 2. The minimum atomic E-state index is -0.177. The average Bonchev–Trinajstić information content (AvgIpc) is 3.00. The van der Waals surface area contributed by atoms with Gasteiger partial charge in [-0.25, -0.2) is 4.98 Å². The van der Waals surface area contributed by atoms with E-state index in [1.165, 1.54) is 0 Å². The molecule has 5 heteroatoms. The molecule has 0 saturated heterocycles.